The van der Waals surface area contributed by atoms with Crippen molar-refractivity contribution in [3.63, 3.8) is 0 Å². The van der Waals surface area contributed by atoms with Gasteiger partial charge in [-0.2, -0.15) is 0 Å². The standard InChI is InChI=1S/C10H9BrClN3O/c1-13-5-9-14-15-10(16-9)6-2-3-7(11)8(12)4-6/h2-4,13H,5H2,1H3. The van der Waals surface area contributed by atoms with Crippen LogP contribution in [-0.4, -0.2) is 17.2 Å². The second-order valence-corrected chi connectivity index (χ2v) is 4.42. The zero-order valence-electron chi connectivity index (χ0n) is 8.50. The van der Waals surface area contributed by atoms with E-state index in [0.29, 0.717) is 23.3 Å². The van der Waals surface area contributed by atoms with Gasteiger partial charge in [-0.25, -0.2) is 0 Å². The molecule has 1 aromatic heterocycles. The van der Waals surface area contributed by atoms with E-state index in [0.717, 1.165) is 10.0 Å². The van der Waals surface area contributed by atoms with Crippen molar-refractivity contribution in [2.24, 2.45) is 0 Å². The van der Waals surface area contributed by atoms with Crippen LogP contribution in [0, 0.1) is 0 Å². The minimum atomic E-state index is 0.472. The summed E-state index contributed by atoms with van der Waals surface area (Å²) in [6.45, 7) is 0.553. The molecule has 0 spiro atoms. The third kappa shape index (κ3) is 2.42. The molecule has 0 saturated heterocycles. The molecule has 1 N–H and O–H groups in total. The summed E-state index contributed by atoms with van der Waals surface area (Å²) in [4.78, 5) is 0. The molecule has 0 atom stereocenters. The number of hydrogen-bond acceptors (Lipinski definition) is 4. The Labute approximate surface area is 106 Å². The highest BCUT2D eigenvalue weighted by Crippen LogP contribution is 2.27. The number of benzene rings is 1. The molecule has 6 heteroatoms. The van der Waals surface area contributed by atoms with E-state index in [-0.39, 0.29) is 0 Å². The summed E-state index contributed by atoms with van der Waals surface area (Å²) in [5, 5.41) is 11.4. The van der Waals surface area contributed by atoms with Gasteiger partial charge < -0.3 is 9.73 Å². The highest BCUT2D eigenvalue weighted by Gasteiger charge is 2.09. The summed E-state index contributed by atoms with van der Waals surface area (Å²) in [6.07, 6.45) is 0. The molecule has 0 bridgehead atoms. The summed E-state index contributed by atoms with van der Waals surface area (Å²) in [7, 11) is 1.82. The summed E-state index contributed by atoms with van der Waals surface area (Å²) in [5.74, 6) is 1.02. The number of aromatic nitrogens is 2. The molecule has 0 aliphatic heterocycles. The highest BCUT2D eigenvalue weighted by molar-refractivity contribution is 9.10. The Morgan fingerprint density at radius 3 is 2.94 bits per heavy atom. The predicted octanol–water partition coefficient (Wildman–Crippen LogP) is 2.87. The first-order valence-corrected chi connectivity index (χ1v) is 5.80. The van der Waals surface area contributed by atoms with Gasteiger partial charge in [0.25, 0.3) is 0 Å². The molecular formula is C10H9BrClN3O. The second kappa shape index (κ2) is 4.95. The number of rotatable bonds is 3. The van der Waals surface area contributed by atoms with Crippen molar-refractivity contribution in [3.05, 3.63) is 33.6 Å². The number of nitrogens with one attached hydrogen (secondary N) is 1. The maximum Gasteiger partial charge on any atom is 0.247 e. The molecular weight excluding hydrogens is 293 g/mol. The van der Waals surface area contributed by atoms with Crippen LogP contribution in [0.5, 0.6) is 0 Å². The maximum absolute atomic E-state index is 5.98. The van der Waals surface area contributed by atoms with Crippen molar-refractivity contribution in [2.45, 2.75) is 6.54 Å². The summed E-state index contributed by atoms with van der Waals surface area (Å²) in [5.41, 5.74) is 0.808. The zero-order chi connectivity index (χ0) is 11.5. The van der Waals surface area contributed by atoms with Crippen LogP contribution in [0.15, 0.2) is 27.1 Å². The molecule has 1 aromatic carbocycles. The van der Waals surface area contributed by atoms with Gasteiger partial charge in [-0.05, 0) is 41.2 Å². The smallest absolute Gasteiger partial charge is 0.247 e. The lowest BCUT2D eigenvalue weighted by molar-refractivity contribution is 0.490. The van der Waals surface area contributed by atoms with Gasteiger partial charge in [0.15, 0.2) is 0 Å². The van der Waals surface area contributed by atoms with Crippen LogP contribution in [0.4, 0.5) is 0 Å². The molecule has 0 fully saturated rings. The van der Waals surface area contributed by atoms with Gasteiger partial charge in [-0.3, -0.25) is 0 Å². The van der Waals surface area contributed by atoms with Crippen LogP contribution in [0.3, 0.4) is 0 Å². The molecule has 0 radical (unpaired) electrons. The van der Waals surface area contributed by atoms with E-state index in [2.05, 4.69) is 31.4 Å². The second-order valence-electron chi connectivity index (χ2n) is 3.16. The van der Waals surface area contributed by atoms with Gasteiger partial charge in [0, 0.05) is 10.0 Å². The molecule has 2 aromatic rings. The monoisotopic (exact) mass is 301 g/mol. The topological polar surface area (TPSA) is 51.0 Å². The summed E-state index contributed by atoms with van der Waals surface area (Å²) < 4.78 is 6.29. The summed E-state index contributed by atoms with van der Waals surface area (Å²) in [6, 6.07) is 5.49. The lowest BCUT2D eigenvalue weighted by Crippen LogP contribution is -2.04. The van der Waals surface area contributed by atoms with Crippen LogP contribution in [0.25, 0.3) is 11.5 Å². The normalized spacial score (nSPS) is 10.7. The fourth-order valence-electron chi connectivity index (χ4n) is 1.22. The zero-order valence-corrected chi connectivity index (χ0v) is 10.8. The van der Waals surface area contributed by atoms with E-state index in [1.807, 2.05) is 19.2 Å². The van der Waals surface area contributed by atoms with E-state index in [1.165, 1.54) is 0 Å². The molecule has 1 heterocycles. The molecule has 4 nitrogen and oxygen atoms in total. The average Bonchev–Trinajstić information content (AvgIpc) is 2.71. The first-order chi connectivity index (χ1) is 7.70. The Hall–Kier alpha value is -0.910. The maximum atomic E-state index is 5.98. The van der Waals surface area contributed by atoms with Crippen molar-refractivity contribution >= 4 is 27.5 Å². The number of nitrogens with zero attached hydrogens (tertiary/aromatic N) is 2. The van der Waals surface area contributed by atoms with E-state index in [9.17, 15) is 0 Å². The molecule has 0 amide bonds. The van der Waals surface area contributed by atoms with Gasteiger partial charge in [0.05, 0.1) is 11.6 Å². The van der Waals surface area contributed by atoms with E-state index in [1.54, 1.807) is 6.07 Å². The first kappa shape index (κ1) is 11.6. The van der Waals surface area contributed by atoms with Crippen LogP contribution in [0.2, 0.25) is 5.02 Å². The molecule has 0 aliphatic rings. The highest BCUT2D eigenvalue weighted by atomic mass is 79.9. The number of hydrogen-bond donors (Lipinski definition) is 1. The SMILES string of the molecule is CNCc1nnc(-c2ccc(Br)c(Cl)c2)o1. The minimum Gasteiger partial charge on any atom is -0.419 e. The predicted molar refractivity (Wildman–Crippen MR) is 65.2 cm³/mol. The van der Waals surface area contributed by atoms with Crippen molar-refractivity contribution in [1.29, 1.82) is 0 Å². The van der Waals surface area contributed by atoms with Gasteiger partial charge in [0.1, 0.15) is 0 Å². The third-order valence-electron chi connectivity index (χ3n) is 1.96. The van der Waals surface area contributed by atoms with Crippen LogP contribution in [-0.2, 0) is 6.54 Å². The third-order valence-corrected chi connectivity index (χ3v) is 3.19. The van der Waals surface area contributed by atoms with Crippen LogP contribution in [0.1, 0.15) is 5.89 Å². The van der Waals surface area contributed by atoms with Crippen LogP contribution < -0.4 is 5.32 Å². The Morgan fingerprint density at radius 2 is 2.25 bits per heavy atom. The van der Waals surface area contributed by atoms with Crippen LogP contribution >= 0.6 is 27.5 Å². The van der Waals surface area contributed by atoms with Gasteiger partial charge in [-0.1, -0.05) is 11.6 Å². The fourth-order valence-corrected chi connectivity index (χ4v) is 1.65. The van der Waals surface area contributed by atoms with E-state index >= 15 is 0 Å². The molecule has 16 heavy (non-hydrogen) atoms. The first-order valence-electron chi connectivity index (χ1n) is 4.63. The largest absolute Gasteiger partial charge is 0.419 e. The average molecular weight is 303 g/mol. The van der Waals surface area contributed by atoms with Crippen molar-refractivity contribution in [3.8, 4) is 11.5 Å². The van der Waals surface area contributed by atoms with Gasteiger partial charge >= 0.3 is 0 Å². The quantitative estimate of drug-likeness (QED) is 0.947. The Bertz CT molecular complexity index is 501. The van der Waals surface area contributed by atoms with E-state index < -0.39 is 0 Å². The number of halogens is 2. The Kier molecular flexibility index (Phi) is 3.58. The molecule has 0 aliphatic carbocycles. The van der Waals surface area contributed by atoms with Gasteiger partial charge in [0.2, 0.25) is 11.8 Å². The summed E-state index contributed by atoms with van der Waals surface area (Å²) >= 11 is 9.31. The lowest BCUT2D eigenvalue weighted by Gasteiger charge is -1.98. The molecule has 0 unspecified atom stereocenters. The lowest BCUT2D eigenvalue weighted by atomic mass is 10.2. The molecule has 0 saturated carbocycles. The van der Waals surface area contributed by atoms with E-state index in [4.69, 9.17) is 16.0 Å². The molecule has 84 valence electrons. The minimum absolute atomic E-state index is 0.472. The van der Waals surface area contributed by atoms with Gasteiger partial charge in [-0.15, -0.1) is 10.2 Å². The molecule has 2 rings (SSSR count). The Balaban J connectivity index is 2.31. The Morgan fingerprint density at radius 1 is 1.44 bits per heavy atom. The van der Waals surface area contributed by atoms with Crippen molar-refractivity contribution in [2.75, 3.05) is 7.05 Å². The fraction of sp³-hybridized carbons (Fsp3) is 0.200. The van der Waals surface area contributed by atoms with Crippen molar-refractivity contribution < 1.29 is 4.42 Å². The van der Waals surface area contributed by atoms with Crippen molar-refractivity contribution in [1.82, 2.24) is 15.5 Å².